The summed E-state index contributed by atoms with van der Waals surface area (Å²) in [5.74, 6) is 0. The van der Waals surface area contributed by atoms with Gasteiger partial charge in [-0.25, -0.2) is 4.98 Å². The smallest absolute Gasteiger partial charge is 0.0795 e. The Labute approximate surface area is 123 Å². The van der Waals surface area contributed by atoms with Gasteiger partial charge in [-0.2, -0.15) is 0 Å². The number of rotatable bonds is 5. The number of nitrogens with one attached hydrogen (secondary N) is 1. The van der Waals surface area contributed by atoms with Crippen molar-refractivity contribution in [1.82, 2.24) is 14.9 Å². The fraction of sp³-hybridized carbons (Fsp3) is 0.312. The Balaban J connectivity index is 1.96. The summed E-state index contributed by atoms with van der Waals surface area (Å²) in [5, 5.41) is 6.91. The minimum Gasteiger partial charge on any atom is -0.341 e. The lowest BCUT2D eigenvalue weighted by atomic mass is 10.1. The standard InChI is InChI=1S/C16H19N3S/c1-12(2)17-8-14-5-3-4-13-6-7-19(16(13)14)9-15-10-20-11-18-15/h3-7,10-12,17H,8-9H2,1-2H3. The minimum absolute atomic E-state index is 0.493. The van der Waals surface area contributed by atoms with E-state index in [1.54, 1.807) is 11.3 Å². The van der Waals surface area contributed by atoms with Crippen LogP contribution in [0.15, 0.2) is 41.4 Å². The molecule has 0 unspecified atom stereocenters. The molecule has 0 amide bonds. The summed E-state index contributed by atoms with van der Waals surface area (Å²) in [5.41, 5.74) is 5.67. The summed E-state index contributed by atoms with van der Waals surface area (Å²) in [6.07, 6.45) is 2.16. The highest BCUT2D eigenvalue weighted by atomic mass is 32.1. The maximum Gasteiger partial charge on any atom is 0.0795 e. The molecular formula is C16H19N3S. The highest BCUT2D eigenvalue weighted by Crippen LogP contribution is 2.21. The normalized spacial score (nSPS) is 11.6. The molecule has 0 aliphatic heterocycles. The van der Waals surface area contributed by atoms with Crippen molar-refractivity contribution in [3.05, 3.63) is 52.6 Å². The third-order valence-corrected chi connectivity index (χ3v) is 4.02. The van der Waals surface area contributed by atoms with Gasteiger partial charge in [-0.15, -0.1) is 11.3 Å². The van der Waals surface area contributed by atoms with E-state index in [9.17, 15) is 0 Å². The Morgan fingerprint density at radius 2 is 2.20 bits per heavy atom. The average Bonchev–Trinajstić information content (AvgIpc) is 3.07. The second kappa shape index (κ2) is 5.77. The summed E-state index contributed by atoms with van der Waals surface area (Å²) in [6.45, 7) is 6.09. The van der Waals surface area contributed by atoms with E-state index in [0.29, 0.717) is 6.04 Å². The molecule has 4 heteroatoms. The van der Waals surface area contributed by atoms with Gasteiger partial charge in [0.25, 0.3) is 0 Å². The van der Waals surface area contributed by atoms with Crippen molar-refractivity contribution in [2.45, 2.75) is 33.0 Å². The summed E-state index contributed by atoms with van der Waals surface area (Å²) < 4.78 is 2.29. The third-order valence-electron chi connectivity index (χ3n) is 3.39. The van der Waals surface area contributed by atoms with Crippen molar-refractivity contribution in [2.75, 3.05) is 0 Å². The number of fused-ring (bicyclic) bond motifs is 1. The molecule has 0 fully saturated rings. The fourth-order valence-corrected chi connectivity index (χ4v) is 2.97. The first-order chi connectivity index (χ1) is 9.74. The monoisotopic (exact) mass is 285 g/mol. The van der Waals surface area contributed by atoms with E-state index < -0.39 is 0 Å². The Hall–Kier alpha value is -1.65. The Kier molecular flexibility index (Phi) is 3.85. The number of aromatic nitrogens is 2. The molecule has 104 valence electrons. The molecule has 0 bridgehead atoms. The van der Waals surface area contributed by atoms with Crippen LogP contribution in [0.3, 0.4) is 0 Å². The number of para-hydroxylation sites is 1. The van der Waals surface area contributed by atoms with Gasteiger partial charge in [0.1, 0.15) is 0 Å². The van der Waals surface area contributed by atoms with Gasteiger partial charge in [0, 0.05) is 24.2 Å². The first kappa shape index (κ1) is 13.3. The maximum atomic E-state index is 4.38. The fourth-order valence-electron chi connectivity index (χ4n) is 2.42. The molecule has 3 nitrogen and oxygen atoms in total. The van der Waals surface area contributed by atoms with Crippen molar-refractivity contribution in [3.8, 4) is 0 Å². The summed E-state index contributed by atoms with van der Waals surface area (Å²) >= 11 is 1.65. The predicted molar refractivity (Wildman–Crippen MR) is 85.1 cm³/mol. The topological polar surface area (TPSA) is 29.9 Å². The largest absolute Gasteiger partial charge is 0.341 e. The van der Waals surface area contributed by atoms with Crippen LogP contribution in [0.4, 0.5) is 0 Å². The molecule has 0 saturated heterocycles. The van der Waals surface area contributed by atoms with Crippen LogP contribution in [-0.2, 0) is 13.1 Å². The van der Waals surface area contributed by atoms with Gasteiger partial charge in [0.05, 0.1) is 23.3 Å². The lowest BCUT2D eigenvalue weighted by Crippen LogP contribution is -2.22. The zero-order valence-corrected chi connectivity index (χ0v) is 12.7. The van der Waals surface area contributed by atoms with E-state index in [2.05, 4.69) is 64.6 Å². The molecule has 0 spiro atoms. The SMILES string of the molecule is CC(C)NCc1cccc2ccn(Cc3cscn3)c12. The molecule has 20 heavy (non-hydrogen) atoms. The lowest BCUT2D eigenvalue weighted by Gasteiger charge is -2.12. The molecule has 2 heterocycles. The molecule has 1 N–H and O–H groups in total. The molecule has 0 aliphatic rings. The summed E-state index contributed by atoms with van der Waals surface area (Å²) in [6, 6.07) is 9.18. The van der Waals surface area contributed by atoms with Gasteiger partial charge >= 0.3 is 0 Å². The van der Waals surface area contributed by atoms with Crippen LogP contribution in [0.1, 0.15) is 25.1 Å². The van der Waals surface area contributed by atoms with Gasteiger partial charge in [0.15, 0.2) is 0 Å². The Morgan fingerprint density at radius 3 is 2.95 bits per heavy atom. The van der Waals surface area contributed by atoms with Crippen molar-refractivity contribution in [2.24, 2.45) is 0 Å². The number of hydrogen-bond donors (Lipinski definition) is 1. The van der Waals surface area contributed by atoms with E-state index in [4.69, 9.17) is 0 Å². The highest BCUT2D eigenvalue weighted by molar-refractivity contribution is 7.07. The van der Waals surface area contributed by atoms with Crippen molar-refractivity contribution < 1.29 is 0 Å². The molecule has 0 radical (unpaired) electrons. The van der Waals surface area contributed by atoms with Gasteiger partial charge in [-0.3, -0.25) is 0 Å². The number of nitrogens with zero attached hydrogens (tertiary/aromatic N) is 2. The molecular weight excluding hydrogens is 266 g/mol. The van der Waals surface area contributed by atoms with Crippen LogP contribution in [0.25, 0.3) is 10.9 Å². The van der Waals surface area contributed by atoms with Gasteiger partial charge in [0.2, 0.25) is 0 Å². The predicted octanol–water partition coefficient (Wildman–Crippen LogP) is 3.64. The summed E-state index contributed by atoms with van der Waals surface area (Å²) in [7, 11) is 0. The molecule has 2 aromatic heterocycles. The highest BCUT2D eigenvalue weighted by Gasteiger charge is 2.08. The second-order valence-corrected chi connectivity index (χ2v) is 6.03. The van der Waals surface area contributed by atoms with Crippen LogP contribution in [0, 0.1) is 0 Å². The van der Waals surface area contributed by atoms with Crippen molar-refractivity contribution in [1.29, 1.82) is 0 Å². The molecule has 0 saturated carbocycles. The molecule has 0 aliphatic carbocycles. The second-order valence-electron chi connectivity index (χ2n) is 5.31. The summed E-state index contributed by atoms with van der Waals surface area (Å²) in [4.78, 5) is 4.38. The number of benzene rings is 1. The Morgan fingerprint density at radius 1 is 1.30 bits per heavy atom. The van der Waals surface area contributed by atoms with Crippen LogP contribution in [0.5, 0.6) is 0 Å². The first-order valence-corrected chi connectivity index (χ1v) is 7.85. The van der Waals surface area contributed by atoms with Crippen LogP contribution in [-0.4, -0.2) is 15.6 Å². The zero-order valence-electron chi connectivity index (χ0n) is 11.8. The average molecular weight is 285 g/mol. The quantitative estimate of drug-likeness (QED) is 0.775. The van der Waals surface area contributed by atoms with E-state index in [1.165, 1.54) is 16.5 Å². The maximum absolute atomic E-state index is 4.38. The van der Waals surface area contributed by atoms with Gasteiger partial charge < -0.3 is 9.88 Å². The van der Waals surface area contributed by atoms with Gasteiger partial charge in [-0.1, -0.05) is 32.0 Å². The first-order valence-electron chi connectivity index (χ1n) is 6.91. The number of thiazole rings is 1. The number of hydrogen-bond acceptors (Lipinski definition) is 3. The van der Waals surface area contributed by atoms with E-state index in [0.717, 1.165) is 18.8 Å². The Bertz CT molecular complexity index is 683. The van der Waals surface area contributed by atoms with Crippen molar-refractivity contribution in [3.63, 3.8) is 0 Å². The van der Waals surface area contributed by atoms with E-state index in [-0.39, 0.29) is 0 Å². The van der Waals surface area contributed by atoms with E-state index >= 15 is 0 Å². The molecule has 0 atom stereocenters. The van der Waals surface area contributed by atoms with Crippen LogP contribution in [0.2, 0.25) is 0 Å². The molecule has 3 rings (SSSR count). The lowest BCUT2D eigenvalue weighted by molar-refractivity contribution is 0.589. The molecule has 3 aromatic rings. The van der Waals surface area contributed by atoms with Crippen LogP contribution < -0.4 is 5.32 Å². The van der Waals surface area contributed by atoms with Crippen LogP contribution >= 0.6 is 11.3 Å². The zero-order chi connectivity index (χ0) is 13.9. The molecule has 1 aromatic carbocycles. The van der Waals surface area contributed by atoms with E-state index in [1.807, 2.05) is 5.51 Å². The minimum atomic E-state index is 0.493. The van der Waals surface area contributed by atoms with Gasteiger partial charge in [-0.05, 0) is 17.0 Å². The third kappa shape index (κ3) is 2.76. The van der Waals surface area contributed by atoms with Crippen molar-refractivity contribution >= 4 is 22.2 Å².